The van der Waals surface area contributed by atoms with Crippen molar-refractivity contribution in [2.24, 2.45) is 0 Å². The quantitative estimate of drug-likeness (QED) is 0.685. The van der Waals surface area contributed by atoms with Gasteiger partial charge < -0.3 is 10.4 Å². The third kappa shape index (κ3) is 3.39. The van der Waals surface area contributed by atoms with Crippen LogP contribution in [0, 0.1) is 11.3 Å². The highest BCUT2D eigenvalue weighted by atomic mass is 16.4. The fourth-order valence-electron chi connectivity index (χ4n) is 1.47. The van der Waals surface area contributed by atoms with E-state index >= 15 is 0 Å². The monoisotopic (exact) mass is 270 g/mol. The molecular weight excluding hydrogens is 260 g/mol. The summed E-state index contributed by atoms with van der Waals surface area (Å²) >= 11 is 0. The number of hydrogen-bond donors (Lipinski definition) is 3. The molecule has 0 aliphatic heterocycles. The molecule has 0 bridgehead atoms. The van der Waals surface area contributed by atoms with Crippen LogP contribution in [0.2, 0.25) is 0 Å². The van der Waals surface area contributed by atoms with Gasteiger partial charge in [0.15, 0.2) is 0 Å². The van der Waals surface area contributed by atoms with E-state index in [2.05, 4.69) is 25.9 Å². The van der Waals surface area contributed by atoms with Crippen LogP contribution in [-0.4, -0.2) is 31.7 Å². The molecule has 0 atom stereocenters. The summed E-state index contributed by atoms with van der Waals surface area (Å²) in [7, 11) is 0. The number of tetrazole rings is 1. The lowest BCUT2D eigenvalue weighted by Gasteiger charge is -2.02. The molecule has 3 N–H and O–H groups in total. The lowest BCUT2D eigenvalue weighted by Crippen LogP contribution is -2.00. The van der Waals surface area contributed by atoms with Gasteiger partial charge in [0.2, 0.25) is 5.82 Å². The molecule has 0 saturated carbocycles. The van der Waals surface area contributed by atoms with E-state index < -0.39 is 5.97 Å². The van der Waals surface area contributed by atoms with E-state index in [9.17, 15) is 4.79 Å². The fourth-order valence-corrected chi connectivity index (χ4v) is 1.47. The summed E-state index contributed by atoms with van der Waals surface area (Å²) in [6.45, 7) is 0. The number of rotatable bonds is 5. The molecule has 0 saturated heterocycles. The maximum Gasteiger partial charge on any atom is 0.307 e. The predicted octanol–water partition coefficient (Wildman–Crippen LogP) is 0.803. The smallest absolute Gasteiger partial charge is 0.307 e. The molecule has 1 aromatic carbocycles. The number of nitrogens with one attached hydrogen (secondary N) is 2. The summed E-state index contributed by atoms with van der Waals surface area (Å²) in [6, 6.07) is 8.79. The first-order valence-electron chi connectivity index (χ1n) is 5.60. The summed E-state index contributed by atoms with van der Waals surface area (Å²) in [6.07, 6.45) is 1.43. The van der Waals surface area contributed by atoms with Crippen molar-refractivity contribution in [3.05, 3.63) is 41.9 Å². The number of carboxylic acids is 1. The number of aromatic nitrogens is 4. The van der Waals surface area contributed by atoms with E-state index in [0.717, 1.165) is 5.69 Å². The second kappa shape index (κ2) is 6.10. The Kier molecular flexibility index (Phi) is 4.04. The van der Waals surface area contributed by atoms with Crippen molar-refractivity contribution >= 4 is 17.2 Å². The second-order valence-electron chi connectivity index (χ2n) is 3.82. The molecule has 0 aliphatic rings. The highest BCUT2D eigenvalue weighted by Gasteiger charge is 2.05. The number of carbonyl (C=O) groups is 1. The van der Waals surface area contributed by atoms with Crippen LogP contribution < -0.4 is 5.32 Å². The molecule has 0 radical (unpaired) electrons. The van der Waals surface area contributed by atoms with Gasteiger partial charge in [-0.15, -0.1) is 10.2 Å². The zero-order chi connectivity index (χ0) is 14.4. The molecule has 0 aliphatic carbocycles. The Balaban J connectivity index is 2.07. The third-order valence-corrected chi connectivity index (χ3v) is 2.40. The van der Waals surface area contributed by atoms with Crippen LogP contribution >= 0.6 is 0 Å². The van der Waals surface area contributed by atoms with Crippen LogP contribution in [0.4, 0.5) is 5.69 Å². The van der Waals surface area contributed by atoms with E-state index in [1.165, 1.54) is 6.20 Å². The second-order valence-corrected chi connectivity index (χ2v) is 3.82. The number of allylic oxidation sites excluding steroid dienone is 1. The Hall–Kier alpha value is -3.21. The average molecular weight is 270 g/mol. The molecule has 1 aromatic heterocycles. The first-order valence-corrected chi connectivity index (χ1v) is 5.60. The molecular formula is C12H10N6O2. The van der Waals surface area contributed by atoms with Gasteiger partial charge in [0.1, 0.15) is 11.6 Å². The maximum atomic E-state index is 10.6. The van der Waals surface area contributed by atoms with Gasteiger partial charge >= 0.3 is 5.97 Å². The number of H-pyrrole nitrogens is 1. The summed E-state index contributed by atoms with van der Waals surface area (Å²) in [5, 5.41) is 33.6. The van der Waals surface area contributed by atoms with Crippen LogP contribution in [0.25, 0.3) is 5.57 Å². The van der Waals surface area contributed by atoms with Gasteiger partial charge in [0, 0.05) is 11.9 Å². The molecule has 20 heavy (non-hydrogen) atoms. The number of benzene rings is 1. The van der Waals surface area contributed by atoms with Crippen molar-refractivity contribution in [1.82, 2.24) is 20.6 Å². The van der Waals surface area contributed by atoms with Gasteiger partial charge in [-0.3, -0.25) is 4.79 Å². The van der Waals surface area contributed by atoms with Crippen molar-refractivity contribution in [2.75, 3.05) is 5.32 Å². The van der Waals surface area contributed by atoms with Crippen molar-refractivity contribution < 1.29 is 9.90 Å². The van der Waals surface area contributed by atoms with Gasteiger partial charge in [-0.2, -0.15) is 10.5 Å². The number of nitrogens with zero attached hydrogens (tertiary/aromatic N) is 4. The van der Waals surface area contributed by atoms with Gasteiger partial charge in [-0.1, -0.05) is 12.1 Å². The summed E-state index contributed by atoms with van der Waals surface area (Å²) in [4.78, 5) is 10.6. The Morgan fingerprint density at radius 2 is 2.20 bits per heavy atom. The zero-order valence-corrected chi connectivity index (χ0v) is 10.2. The topological polar surface area (TPSA) is 128 Å². The van der Waals surface area contributed by atoms with E-state index in [0.29, 0.717) is 5.56 Å². The minimum absolute atomic E-state index is 0.0254. The summed E-state index contributed by atoms with van der Waals surface area (Å²) in [5.74, 6) is -0.683. The molecule has 0 fully saturated rings. The lowest BCUT2D eigenvalue weighted by molar-refractivity contribution is -0.136. The lowest BCUT2D eigenvalue weighted by atomic mass is 10.1. The van der Waals surface area contributed by atoms with Crippen LogP contribution in [0.5, 0.6) is 0 Å². The van der Waals surface area contributed by atoms with Crippen LogP contribution in [0.15, 0.2) is 30.5 Å². The van der Waals surface area contributed by atoms with E-state index in [-0.39, 0.29) is 17.8 Å². The molecule has 0 spiro atoms. The normalized spacial score (nSPS) is 10.8. The number of hydrogen-bond acceptors (Lipinski definition) is 6. The van der Waals surface area contributed by atoms with Crippen LogP contribution in [0.1, 0.15) is 11.4 Å². The summed E-state index contributed by atoms with van der Waals surface area (Å²) < 4.78 is 0. The Morgan fingerprint density at radius 1 is 1.45 bits per heavy atom. The number of aromatic amines is 1. The Labute approximate surface area is 113 Å². The molecule has 0 amide bonds. The predicted molar refractivity (Wildman–Crippen MR) is 69.2 cm³/mol. The highest BCUT2D eigenvalue weighted by molar-refractivity contribution is 5.74. The molecule has 100 valence electrons. The number of anilines is 1. The molecule has 2 rings (SSSR count). The van der Waals surface area contributed by atoms with Crippen molar-refractivity contribution in [1.29, 1.82) is 5.26 Å². The molecule has 8 heteroatoms. The fraction of sp³-hybridized carbons (Fsp3) is 0.0833. The Morgan fingerprint density at radius 3 is 2.75 bits per heavy atom. The van der Waals surface area contributed by atoms with Gasteiger partial charge in [-0.05, 0) is 22.9 Å². The van der Waals surface area contributed by atoms with Gasteiger partial charge in [0.05, 0.1) is 6.42 Å². The summed E-state index contributed by atoms with van der Waals surface area (Å²) in [5.41, 5.74) is 1.65. The highest BCUT2D eigenvalue weighted by Crippen LogP contribution is 2.12. The number of aliphatic carboxylic acids is 1. The average Bonchev–Trinajstić information content (AvgIpc) is 2.95. The first-order chi connectivity index (χ1) is 9.69. The minimum atomic E-state index is -0.880. The van der Waals surface area contributed by atoms with E-state index in [4.69, 9.17) is 10.4 Å². The van der Waals surface area contributed by atoms with Crippen molar-refractivity contribution in [3.8, 4) is 6.07 Å². The van der Waals surface area contributed by atoms with Crippen molar-refractivity contribution in [3.63, 3.8) is 0 Å². The largest absolute Gasteiger partial charge is 0.481 e. The molecule has 0 unspecified atom stereocenters. The van der Waals surface area contributed by atoms with E-state index in [1.807, 2.05) is 6.07 Å². The van der Waals surface area contributed by atoms with Crippen molar-refractivity contribution in [2.45, 2.75) is 6.42 Å². The zero-order valence-electron chi connectivity index (χ0n) is 10.2. The van der Waals surface area contributed by atoms with Gasteiger partial charge in [0.25, 0.3) is 0 Å². The van der Waals surface area contributed by atoms with Crippen LogP contribution in [0.3, 0.4) is 0 Å². The van der Waals surface area contributed by atoms with Crippen LogP contribution in [-0.2, 0) is 11.2 Å². The number of nitriles is 1. The number of carboxylic acid groups (broad SMARTS) is 1. The maximum absolute atomic E-state index is 10.6. The molecule has 2 aromatic rings. The third-order valence-electron chi connectivity index (χ3n) is 2.40. The molecule has 1 heterocycles. The molecule has 8 nitrogen and oxygen atoms in total. The SMILES string of the molecule is N#CC(=CNc1ccc(CC(=O)O)cc1)c1nn[nH]n1. The first kappa shape index (κ1) is 13.2. The minimum Gasteiger partial charge on any atom is -0.481 e. The van der Waals surface area contributed by atoms with E-state index in [1.54, 1.807) is 24.3 Å². The Bertz CT molecular complexity index is 654. The standard InChI is InChI=1S/C12H10N6O2/c13-6-9(12-15-17-18-16-12)7-14-10-3-1-8(2-4-10)5-11(19)20/h1-4,7,14H,5H2,(H,19,20)(H,15,16,17,18). The van der Waals surface area contributed by atoms with Gasteiger partial charge in [-0.25, -0.2) is 0 Å².